The summed E-state index contributed by atoms with van der Waals surface area (Å²) < 4.78 is 6.19. The zero-order valence-electron chi connectivity index (χ0n) is 17.8. The van der Waals surface area contributed by atoms with Gasteiger partial charge in [0.15, 0.2) is 5.13 Å². The highest BCUT2D eigenvalue weighted by molar-refractivity contribution is 7.22. The number of rotatable bonds is 4. The molecule has 0 unspecified atom stereocenters. The van der Waals surface area contributed by atoms with Crippen LogP contribution in [0, 0.1) is 0 Å². The van der Waals surface area contributed by atoms with Crippen molar-refractivity contribution in [3.8, 4) is 0 Å². The number of pyridine rings is 1. The van der Waals surface area contributed by atoms with Crippen LogP contribution in [0.15, 0.2) is 36.5 Å². The van der Waals surface area contributed by atoms with Gasteiger partial charge in [-0.25, -0.2) is 14.8 Å². The maximum atomic E-state index is 12.7. The van der Waals surface area contributed by atoms with Crippen molar-refractivity contribution in [2.75, 3.05) is 28.6 Å². The van der Waals surface area contributed by atoms with Crippen molar-refractivity contribution in [1.82, 2.24) is 9.97 Å². The number of thiazole rings is 1. The molecule has 9 heteroatoms. The normalized spacial score (nSPS) is 14.0. The first-order valence-corrected chi connectivity index (χ1v) is 11.0. The molecule has 2 amide bonds. The first-order chi connectivity index (χ1) is 14.8. The van der Waals surface area contributed by atoms with E-state index in [2.05, 4.69) is 20.5 Å². The Kier molecular flexibility index (Phi) is 5.77. The van der Waals surface area contributed by atoms with Gasteiger partial charge in [0, 0.05) is 18.7 Å². The van der Waals surface area contributed by atoms with E-state index in [0.29, 0.717) is 17.1 Å². The number of carbonyl (C=O) groups excluding carboxylic acids is 2. The SMILES string of the molecule is CC(C)(C)OC(=O)Nc1ccc(NC(=O)c2ccc3nc(N4CCCC4)sc3c2)cn1. The molecule has 0 radical (unpaired) electrons. The third kappa shape index (κ3) is 5.29. The summed E-state index contributed by atoms with van der Waals surface area (Å²) in [6.07, 6.45) is 3.30. The Labute approximate surface area is 184 Å². The molecule has 4 rings (SSSR count). The summed E-state index contributed by atoms with van der Waals surface area (Å²) >= 11 is 1.61. The van der Waals surface area contributed by atoms with Crippen LogP contribution < -0.4 is 15.5 Å². The fourth-order valence-electron chi connectivity index (χ4n) is 3.25. The van der Waals surface area contributed by atoms with Crippen molar-refractivity contribution in [2.24, 2.45) is 0 Å². The highest BCUT2D eigenvalue weighted by Gasteiger charge is 2.18. The first kappa shape index (κ1) is 21.0. The Morgan fingerprint density at radius 3 is 2.55 bits per heavy atom. The van der Waals surface area contributed by atoms with Gasteiger partial charge in [-0.3, -0.25) is 10.1 Å². The highest BCUT2D eigenvalue weighted by Crippen LogP contribution is 2.31. The van der Waals surface area contributed by atoms with Crippen molar-refractivity contribution in [3.63, 3.8) is 0 Å². The molecule has 1 aliphatic heterocycles. The molecule has 0 aliphatic carbocycles. The average Bonchev–Trinajstić information content (AvgIpc) is 3.36. The summed E-state index contributed by atoms with van der Waals surface area (Å²) in [6.45, 7) is 7.44. The molecule has 162 valence electrons. The summed E-state index contributed by atoms with van der Waals surface area (Å²) in [6, 6.07) is 8.81. The number of hydrogen-bond acceptors (Lipinski definition) is 7. The van der Waals surface area contributed by atoms with E-state index in [0.717, 1.165) is 28.4 Å². The largest absolute Gasteiger partial charge is 0.444 e. The summed E-state index contributed by atoms with van der Waals surface area (Å²) in [7, 11) is 0. The van der Waals surface area contributed by atoms with E-state index in [4.69, 9.17) is 9.72 Å². The quantitative estimate of drug-likeness (QED) is 0.601. The molecule has 3 aromatic rings. The predicted octanol–water partition coefficient (Wildman–Crippen LogP) is 4.89. The second-order valence-corrected chi connectivity index (χ2v) is 9.40. The second kappa shape index (κ2) is 8.50. The second-order valence-electron chi connectivity index (χ2n) is 8.39. The number of benzene rings is 1. The van der Waals surface area contributed by atoms with Gasteiger partial charge in [0.1, 0.15) is 11.4 Å². The van der Waals surface area contributed by atoms with Crippen LogP contribution in [0.5, 0.6) is 0 Å². The number of aromatic nitrogens is 2. The van der Waals surface area contributed by atoms with Gasteiger partial charge in [0.05, 0.1) is 22.1 Å². The van der Waals surface area contributed by atoms with Gasteiger partial charge in [-0.2, -0.15) is 0 Å². The van der Waals surface area contributed by atoms with Gasteiger partial charge < -0.3 is 15.0 Å². The molecule has 0 atom stereocenters. The van der Waals surface area contributed by atoms with E-state index < -0.39 is 11.7 Å². The first-order valence-electron chi connectivity index (χ1n) is 10.2. The monoisotopic (exact) mass is 439 g/mol. The smallest absolute Gasteiger partial charge is 0.413 e. The number of anilines is 3. The number of ether oxygens (including phenoxy) is 1. The Bertz CT molecular complexity index is 1100. The number of amides is 2. The maximum Gasteiger partial charge on any atom is 0.413 e. The fraction of sp³-hybridized carbons (Fsp3) is 0.364. The van der Waals surface area contributed by atoms with E-state index in [9.17, 15) is 9.59 Å². The summed E-state index contributed by atoms with van der Waals surface area (Å²) in [5, 5.41) is 6.41. The molecule has 1 saturated heterocycles. The molecule has 8 nitrogen and oxygen atoms in total. The lowest BCUT2D eigenvalue weighted by atomic mass is 10.2. The molecule has 2 aromatic heterocycles. The van der Waals surface area contributed by atoms with E-state index >= 15 is 0 Å². The minimum Gasteiger partial charge on any atom is -0.444 e. The topological polar surface area (TPSA) is 96.5 Å². The van der Waals surface area contributed by atoms with Crippen LogP contribution in [0.25, 0.3) is 10.2 Å². The van der Waals surface area contributed by atoms with Crippen LogP contribution in [-0.4, -0.2) is 40.7 Å². The Morgan fingerprint density at radius 1 is 1.10 bits per heavy atom. The molecule has 3 heterocycles. The molecule has 31 heavy (non-hydrogen) atoms. The lowest BCUT2D eigenvalue weighted by Crippen LogP contribution is -2.27. The molecule has 1 aliphatic rings. The number of fused-ring (bicyclic) bond motifs is 1. The number of nitrogens with zero attached hydrogens (tertiary/aromatic N) is 3. The molecule has 2 N–H and O–H groups in total. The van der Waals surface area contributed by atoms with Crippen molar-refractivity contribution >= 4 is 50.2 Å². The van der Waals surface area contributed by atoms with E-state index in [1.54, 1.807) is 50.3 Å². The zero-order chi connectivity index (χ0) is 22.0. The standard InChI is InChI=1S/C22H25N5O3S/c1-22(2,3)30-21(29)26-18-9-7-15(13-23-18)24-19(28)14-6-8-16-17(12-14)31-20(25-16)27-10-4-5-11-27/h6-9,12-13H,4-5,10-11H2,1-3H3,(H,24,28)(H,23,26,29). The molecule has 0 bridgehead atoms. The van der Waals surface area contributed by atoms with Crippen LogP contribution in [0.1, 0.15) is 44.0 Å². The fourth-order valence-corrected chi connectivity index (χ4v) is 4.31. The van der Waals surface area contributed by atoms with Gasteiger partial charge in [0.25, 0.3) is 5.91 Å². The zero-order valence-corrected chi connectivity index (χ0v) is 18.6. The van der Waals surface area contributed by atoms with Gasteiger partial charge in [-0.05, 0) is 63.9 Å². The highest BCUT2D eigenvalue weighted by atomic mass is 32.1. The van der Waals surface area contributed by atoms with Crippen LogP contribution in [-0.2, 0) is 4.74 Å². The van der Waals surface area contributed by atoms with Crippen molar-refractivity contribution in [1.29, 1.82) is 0 Å². The van der Waals surface area contributed by atoms with Gasteiger partial charge >= 0.3 is 6.09 Å². The molecular weight excluding hydrogens is 414 g/mol. The van der Waals surface area contributed by atoms with Crippen LogP contribution >= 0.6 is 11.3 Å². The van der Waals surface area contributed by atoms with Crippen LogP contribution in [0.4, 0.5) is 21.4 Å². The lowest BCUT2D eigenvalue weighted by Gasteiger charge is -2.19. The predicted molar refractivity (Wildman–Crippen MR) is 123 cm³/mol. The summed E-state index contributed by atoms with van der Waals surface area (Å²) in [5.74, 6) is 0.112. The Morgan fingerprint density at radius 2 is 1.87 bits per heavy atom. The Balaban J connectivity index is 1.40. The van der Waals surface area contributed by atoms with Crippen molar-refractivity contribution < 1.29 is 14.3 Å². The maximum absolute atomic E-state index is 12.7. The minimum atomic E-state index is -0.591. The van der Waals surface area contributed by atoms with Crippen LogP contribution in [0.3, 0.4) is 0 Å². The molecule has 1 aromatic carbocycles. The summed E-state index contributed by atoms with van der Waals surface area (Å²) in [5.41, 5.74) is 1.40. The minimum absolute atomic E-state index is 0.229. The number of nitrogens with one attached hydrogen (secondary N) is 2. The molecule has 0 saturated carbocycles. The average molecular weight is 440 g/mol. The van der Waals surface area contributed by atoms with Crippen molar-refractivity contribution in [2.45, 2.75) is 39.2 Å². The van der Waals surface area contributed by atoms with E-state index in [1.165, 1.54) is 19.0 Å². The molecular formula is C22H25N5O3S. The van der Waals surface area contributed by atoms with E-state index in [-0.39, 0.29) is 5.91 Å². The van der Waals surface area contributed by atoms with Gasteiger partial charge in [0.2, 0.25) is 0 Å². The van der Waals surface area contributed by atoms with Gasteiger partial charge in [-0.15, -0.1) is 0 Å². The third-order valence-electron chi connectivity index (χ3n) is 4.67. The molecule has 0 spiro atoms. The Hall–Kier alpha value is -3.20. The number of hydrogen-bond donors (Lipinski definition) is 2. The van der Waals surface area contributed by atoms with E-state index in [1.807, 2.05) is 12.1 Å². The third-order valence-corrected chi connectivity index (χ3v) is 5.75. The van der Waals surface area contributed by atoms with Crippen molar-refractivity contribution in [3.05, 3.63) is 42.1 Å². The lowest BCUT2D eigenvalue weighted by molar-refractivity contribution is 0.0635. The number of carbonyl (C=O) groups is 2. The van der Waals surface area contributed by atoms with Gasteiger partial charge in [-0.1, -0.05) is 11.3 Å². The molecule has 1 fully saturated rings. The van der Waals surface area contributed by atoms with Crippen LogP contribution in [0.2, 0.25) is 0 Å². The summed E-state index contributed by atoms with van der Waals surface area (Å²) in [4.78, 5) is 35.6.